The molecule has 4 rings (SSSR count). The zero-order chi connectivity index (χ0) is 23.8. The minimum Gasteiger partial charge on any atom is -0.464 e. The van der Waals surface area contributed by atoms with Crippen molar-refractivity contribution in [3.05, 3.63) is 20.1 Å². The molecule has 0 atom stereocenters. The Morgan fingerprint density at radius 3 is 1.70 bits per heavy atom. The number of hydrogen-bond donors (Lipinski definition) is 0. The summed E-state index contributed by atoms with van der Waals surface area (Å²) in [7, 11) is 1.31. The molecule has 14 heteroatoms. The Bertz CT molecular complexity index is 945. The molecule has 0 aromatic carbocycles. The number of halogens is 2. The lowest BCUT2D eigenvalue weighted by atomic mass is 10.4. The topological polar surface area (TPSA) is 103 Å². The average molecular weight is 539 g/mol. The van der Waals surface area contributed by atoms with Gasteiger partial charge in [0.2, 0.25) is 0 Å². The lowest BCUT2D eigenvalue weighted by Gasteiger charge is -2.25. The van der Waals surface area contributed by atoms with E-state index in [0.29, 0.717) is 41.7 Å². The molecule has 0 unspecified atom stereocenters. The number of nitrogens with zero attached hydrogens (tertiary/aromatic N) is 4. The molecule has 10 nitrogen and oxygen atoms in total. The highest BCUT2D eigenvalue weighted by molar-refractivity contribution is 7.20. The first-order valence-corrected chi connectivity index (χ1v) is 12.6. The van der Waals surface area contributed by atoms with Gasteiger partial charge in [-0.1, -0.05) is 45.9 Å². The van der Waals surface area contributed by atoms with Crippen molar-refractivity contribution in [2.75, 3.05) is 76.1 Å². The highest BCUT2D eigenvalue weighted by atomic mass is 35.5. The van der Waals surface area contributed by atoms with Crippen LogP contribution >= 0.6 is 45.9 Å². The minimum absolute atomic E-state index is 0.190. The van der Waals surface area contributed by atoms with Crippen LogP contribution in [0.15, 0.2) is 0 Å². The zero-order valence-electron chi connectivity index (χ0n) is 18.2. The van der Waals surface area contributed by atoms with Crippen LogP contribution in [0, 0.1) is 0 Å². The molecule has 0 radical (unpaired) electrons. The van der Waals surface area contributed by atoms with Crippen molar-refractivity contribution >= 4 is 68.1 Å². The van der Waals surface area contributed by atoms with E-state index in [9.17, 15) is 9.59 Å². The van der Waals surface area contributed by atoms with Crippen LogP contribution in [0.5, 0.6) is 0 Å². The van der Waals surface area contributed by atoms with Crippen molar-refractivity contribution in [2.24, 2.45) is 0 Å². The summed E-state index contributed by atoms with van der Waals surface area (Å²) < 4.78 is 20.7. The molecule has 2 aromatic rings. The third-order valence-electron chi connectivity index (χ3n) is 4.56. The van der Waals surface area contributed by atoms with Gasteiger partial charge in [-0.2, -0.15) is 0 Å². The summed E-state index contributed by atoms with van der Waals surface area (Å²) in [5.74, 6) is -0.964. The van der Waals surface area contributed by atoms with Gasteiger partial charge in [-0.15, -0.1) is 0 Å². The smallest absolute Gasteiger partial charge is 0.359 e. The molecule has 0 spiro atoms. The molecule has 0 N–H and O–H groups in total. The summed E-state index contributed by atoms with van der Waals surface area (Å²) in [6.07, 6.45) is 0. The van der Waals surface area contributed by atoms with Crippen LogP contribution in [0.2, 0.25) is 8.67 Å². The molecule has 4 heterocycles. The Morgan fingerprint density at radius 2 is 1.30 bits per heavy atom. The SMILES string of the molecule is CCOC(=O)c1nc(N2CCOCC2)sc1Cl.COC(=O)c1nc(N2CCOCC2)sc1Cl. The van der Waals surface area contributed by atoms with E-state index in [2.05, 4.69) is 19.6 Å². The number of ether oxygens (including phenoxy) is 4. The van der Waals surface area contributed by atoms with Gasteiger partial charge in [0.25, 0.3) is 0 Å². The van der Waals surface area contributed by atoms with E-state index in [-0.39, 0.29) is 11.4 Å². The maximum atomic E-state index is 11.6. The van der Waals surface area contributed by atoms with Crippen LogP contribution in [0.3, 0.4) is 0 Å². The average Bonchev–Trinajstić information content (AvgIpc) is 3.43. The molecular formula is C19H24Cl2N4O6S2. The third kappa shape index (κ3) is 6.90. The maximum Gasteiger partial charge on any atom is 0.359 e. The Hall–Kier alpha value is -1.70. The minimum atomic E-state index is -0.499. The first-order chi connectivity index (χ1) is 15.9. The van der Waals surface area contributed by atoms with Crippen molar-refractivity contribution in [3.63, 3.8) is 0 Å². The van der Waals surface area contributed by atoms with E-state index in [4.69, 9.17) is 37.4 Å². The molecule has 2 aromatic heterocycles. The second-order valence-electron chi connectivity index (χ2n) is 6.65. The van der Waals surface area contributed by atoms with Crippen LogP contribution in [-0.4, -0.2) is 88.2 Å². The van der Waals surface area contributed by atoms with Crippen molar-refractivity contribution in [2.45, 2.75) is 6.92 Å². The van der Waals surface area contributed by atoms with Crippen molar-refractivity contribution < 1.29 is 28.5 Å². The molecule has 182 valence electrons. The Kier molecular flexibility index (Phi) is 9.95. The molecule has 2 aliphatic heterocycles. The fourth-order valence-corrected chi connectivity index (χ4v) is 5.23. The van der Waals surface area contributed by atoms with Gasteiger partial charge in [0, 0.05) is 26.2 Å². The second kappa shape index (κ2) is 12.7. The summed E-state index contributed by atoms with van der Waals surface area (Å²) in [5.41, 5.74) is 0.399. The van der Waals surface area contributed by atoms with Crippen LogP contribution in [-0.2, 0) is 18.9 Å². The first kappa shape index (κ1) is 25.9. The van der Waals surface area contributed by atoms with Crippen molar-refractivity contribution in [1.29, 1.82) is 0 Å². The Morgan fingerprint density at radius 1 is 0.879 bits per heavy atom. The van der Waals surface area contributed by atoms with Gasteiger partial charge in [0.15, 0.2) is 21.7 Å². The van der Waals surface area contributed by atoms with Crippen LogP contribution in [0.1, 0.15) is 27.9 Å². The number of thiazole rings is 2. The fourth-order valence-electron chi connectivity index (χ4n) is 2.91. The van der Waals surface area contributed by atoms with Crippen molar-refractivity contribution in [3.8, 4) is 0 Å². The molecule has 0 bridgehead atoms. The fraction of sp³-hybridized carbons (Fsp3) is 0.579. The maximum absolute atomic E-state index is 11.6. The van der Waals surface area contributed by atoms with Crippen LogP contribution in [0.4, 0.5) is 10.3 Å². The Labute approximate surface area is 209 Å². The van der Waals surface area contributed by atoms with Gasteiger partial charge in [0.1, 0.15) is 8.67 Å². The lowest BCUT2D eigenvalue weighted by molar-refractivity contribution is 0.0519. The van der Waals surface area contributed by atoms with E-state index in [0.717, 1.165) is 36.4 Å². The lowest BCUT2D eigenvalue weighted by Crippen LogP contribution is -2.36. The van der Waals surface area contributed by atoms with E-state index in [1.807, 2.05) is 4.90 Å². The number of anilines is 2. The molecule has 2 fully saturated rings. The largest absolute Gasteiger partial charge is 0.464 e. The summed E-state index contributed by atoms with van der Waals surface area (Å²) in [4.78, 5) is 35.4. The number of methoxy groups -OCH3 is 1. The number of carbonyl (C=O) groups excluding carboxylic acids is 2. The number of aromatic nitrogens is 2. The number of esters is 2. The summed E-state index contributed by atoms with van der Waals surface area (Å²) in [6.45, 7) is 7.83. The highest BCUT2D eigenvalue weighted by Gasteiger charge is 2.23. The zero-order valence-corrected chi connectivity index (χ0v) is 21.3. The third-order valence-corrected chi connectivity index (χ3v) is 7.19. The normalized spacial score (nSPS) is 16.1. The molecular weight excluding hydrogens is 515 g/mol. The van der Waals surface area contributed by atoms with Gasteiger partial charge in [-0.3, -0.25) is 0 Å². The highest BCUT2D eigenvalue weighted by Crippen LogP contribution is 2.32. The molecule has 2 aliphatic rings. The second-order valence-corrected chi connectivity index (χ2v) is 9.81. The van der Waals surface area contributed by atoms with Gasteiger partial charge >= 0.3 is 11.9 Å². The Balaban J connectivity index is 0.000000186. The predicted molar refractivity (Wildman–Crippen MR) is 128 cm³/mol. The monoisotopic (exact) mass is 538 g/mol. The standard InChI is InChI=1S/C10H13ClN2O3S.C9H11ClN2O3S/c1-2-16-9(14)7-8(11)17-10(12-7)13-3-5-15-6-4-13;1-14-8(13)6-7(10)16-9(11-6)12-2-4-15-5-3-12/h2-6H2,1H3;2-5H2,1H3. The van der Waals surface area contributed by atoms with Gasteiger partial charge in [-0.25, -0.2) is 19.6 Å². The van der Waals surface area contributed by atoms with E-state index in [1.54, 1.807) is 6.92 Å². The molecule has 0 aliphatic carbocycles. The number of carbonyl (C=O) groups is 2. The first-order valence-electron chi connectivity index (χ1n) is 10.2. The summed E-state index contributed by atoms with van der Waals surface area (Å²) in [5, 5.41) is 1.50. The number of hydrogen-bond acceptors (Lipinski definition) is 12. The van der Waals surface area contributed by atoms with Crippen LogP contribution < -0.4 is 9.80 Å². The quantitative estimate of drug-likeness (QED) is 0.526. The summed E-state index contributed by atoms with van der Waals surface area (Å²) in [6, 6.07) is 0. The van der Waals surface area contributed by atoms with Crippen molar-refractivity contribution in [1.82, 2.24) is 9.97 Å². The number of morpholine rings is 2. The van der Waals surface area contributed by atoms with Crippen LogP contribution in [0.25, 0.3) is 0 Å². The van der Waals surface area contributed by atoms with Gasteiger partial charge in [0.05, 0.1) is 40.1 Å². The number of rotatable bonds is 5. The predicted octanol–water partition coefficient (Wildman–Crippen LogP) is 3.23. The molecule has 2 saturated heterocycles. The van der Waals surface area contributed by atoms with E-state index >= 15 is 0 Å². The molecule has 0 amide bonds. The summed E-state index contributed by atoms with van der Waals surface area (Å²) >= 11 is 14.5. The molecule has 33 heavy (non-hydrogen) atoms. The molecule has 0 saturated carbocycles. The van der Waals surface area contributed by atoms with Gasteiger partial charge < -0.3 is 28.7 Å². The van der Waals surface area contributed by atoms with E-state index in [1.165, 1.54) is 29.8 Å². The van der Waals surface area contributed by atoms with E-state index < -0.39 is 11.9 Å². The van der Waals surface area contributed by atoms with Gasteiger partial charge in [-0.05, 0) is 6.92 Å².